The number of pyridine rings is 1. The number of fused-ring (bicyclic) bond motifs is 2. The van der Waals surface area contributed by atoms with Gasteiger partial charge in [-0.25, -0.2) is 4.79 Å². The van der Waals surface area contributed by atoms with Gasteiger partial charge in [-0.05, 0) is 59.7 Å². The monoisotopic (exact) mass is 382 g/mol. The average molecular weight is 383 g/mol. The van der Waals surface area contributed by atoms with Crippen LogP contribution in [-0.2, 0) is 17.6 Å². The van der Waals surface area contributed by atoms with Crippen molar-refractivity contribution in [3.05, 3.63) is 74.2 Å². The van der Waals surface area contributed by atoms with Gasteiger partial charge in [0.15, 0.2) is 0 Å². The van der Waals surface area contributed by atoms with Crippen molar-refractivity contribution in [3.63, 3.8) is 0 Å². The number of carbonyl (C=O) groups excluding carboxylic acids is 1. The molecule has 1 fully saturated rings. The third kappa shape index (κ3) is 3.33. The first-order chi connectivity index (χ1) is 12.9. The van der Waals surface area contributed by atoms with Crippen molar-refractivity contribution in [2.75, 3.05) is 13.1 Å². The van der Waals surface area contributed by atoms with E-state index in [9.17, 15) is 10.0 Å². The van der Waals surface area contributed by atoms with E-state index in [1.165, 1.54) is 29.2 Å². The summed E-state index contributed by atoms with van der Waals surface area (Å²) in [6, 6.07) is 8.26. The van der Waals surface area contributed by atoms with Gasteiger partial charge in [0.25, 0.3) is 0 Å². The Hall–Kier alpha value is -2.01. The van der Waals surface area contributed by atoms with Crippen LogP contribution < -0.4 is 0 Å². The van der Waals surface area contributed by atoms with Gasteiger partial charge in [0.05, 0.1) is 25.7 Å². The van der Waals surface area contributed by atoms with Crippen LogP contribution in [0.5, 0.6) is 0 Å². The molecule has 0 bridgehead atoms. The number of halogens is 1. The van der Waals surface area contributed by atoms with Crippen molar-refractivity contribution in [3.8, 4) is 0 Å². The Morgan fingerprint density at radius 1 is 1.11 bits per heavy atom. The first-order valence-corrected chi connectivity index (χ1v) is 9.81. The molecule has 1 aromatic carbocycles. The minimum absolute atomic E-state index is 0.304. The second kappa shape index (κ2) is 6.86. The number of quaternary nitrogens is 1. The van der Waals surface area contributed by atoms with Crippen LogP contribution in [0.25, 0.3) is 5.57 Å². The van der Waals surface area contributed by atoms with Crippen molar-refractivity contribution in [1.82, 2.24) is 4.98 Å². The number of hydrogen-bond donors (Lipinski definition) is 0. The molecule has 2 aromatic rings. The van der Waals surface area contributed by atoms with Crippen molar-refractivity contribution >= 4 is 23.1 Å². The number of likely N-dealkylation sites (tertiary alicyclic amines) is 1. The first-order valence-electron chi connectivity index (χ1n) is 9.43. The quantitative estimate of drug-likeness (QED) is 0.494. The fourth-order valence-electron chi connectivity index (χ4n) is 4.25. The number of rotatable bonds is 0. The largest absolute Gasteiger partial charge is 0.625 e. The summed E-state index contributed by atoms with van der Waals surface area (Å²) >= 11 is 6.26. The molecule has 1 aliphatic heterocycles. The third-order valence-corrected chi connectivity index (χ3v) is 6.05. The van der Waals surface area contributed by atoms with Crippen LogP contribution in [0.3, 0.4) is 0 Å². The predicted octanol–water partition coefficient (Wildman–Crippen LogP) is 4.60. The van der Waals surface area contributed by atoms with E-state index in [4.69, 9.17) is 16.6 Å². The molecule has 1 saturated heterocycles. The maximum Gasteiger partial charge on any atom is 0.310 e. The number of piperidine rings is 1. The minimum atomic E-state index is -0.724. The standard InChI is InChI=1S/C22H23ClN2O2/c1-14-11-18-4-3-17-12-19(23)5-6-20(17)21(22(18)24-13-14)16-7-9-25(27,10-8-16)15(2)26/h5-6,11-13H,3-4,7-10H2,1-2H3. The number of aromatic nitrogens is 1. The molecule has 0 saturated carbocycles. The minimum Gasteiger partial charge on any atom is -0.625 e. The number of nitrogens with zero attached hydrogens (tertiary/aromatic N) is 2. The molecule has 5 heteroatoms. The highest BCUT2D eigenvalue weighted by atomic mass is 35.5. The molecule has 0 spiro atoms. The fraction of sp³-hybridized carbons (Fsp3) is 0.364. The van der Waals surface area contributed by atoms with E-state index in [0.29, 0.717) is 25.9 Å². The molecule has 140 valence electrons. The van der Waals surface area contributed by atoms with Gasteiger partial charge in [-0.15, -0.1) is 0 Å². The van der Waals surface area contributed by atoms with Gasteiger partial charge < -0.3 is 5.21 Å². The average Bonchev–Trinajstić information content (AvgIpc) is 2.79. The van der Waals surface area contributed by atoms with Crippen molar-refractivity contribution in [2.24, 2.45) is 0 Å². The third-order valence-electron chi connectivity index (χ3n) is 5.82. The summed E-state index contributed by atoms with van der Waals surface area (Å²) in [5, 5.41) is 13.4. The molecule has 1 aliphatic carbocycles. The zero-order chi connectivity index (χ0) is 19.2. The summed E-state index contributed by atoms with van der Waals surface area (Å²) in [4.78, 5) is 16.5. The molecular weight excluding hydrogens is 360 g/mol. The van der Waals surface area contributed by atoms with Crippen LogP contribution in [-0.4, -0.2) is 28.6 Å². The van der Waals surface area contributed by atoms with Crippen LogP contribution >= 0.6 is 11.6 Å². The van der Waals surface area contributed by atoms with Crippen molar-refractivity contribution in [2.45, 2.75) is 39.5 Å². The summed E-state index contributed by atoms with van der Waals surface area (Å²) in [5.41, 5.74) is 8.17. The van der Waals surface area contributed by atoms with Gasteiger partial charge >= 0.3 is 5.91 Å². The molecule has 4 nitrogen and oxygen atoms in total. The summed E-state index contributed by atoms with van der Waals surface area (Å²) < 4.78 is -0.724. The van der Waals surface area contributed by atoms with E-state index in [1.807, 2.05) is 18.3 Å². The Morgan fingerprint density at radius 3 is 2.52 bits per heavy atom. The smallest absolute Gasteiger partial charge is 0.310 e. The predicted molar refractivity (Wildman–Crippen MR) is 107 cm³/mol. The fourth-order valence-corrected chi connectivity index (χ4v) is 4.44. The van der Waals surface area contributed by atoms with Crippen molar-refractivity contribution < 1.29 is 9.44 Å². The summed E-state index contributed by atoms with van der Waals surface area (Å²) in [6.45, 7) is 4.07. The highest BCUT2D eigenvalue weighted by Crippen LogP contribution is 2.39. The lowest BCUT2D eigenvalue weighted by Gasteiger charge is -2.43. The maximum atomic E-state index is 12.6. The van der Waals surface area contributed by atoms with Crippen molar-refractivity contribution in [1.29, 1.82) is 0 Å². The number of benzene rings is 1. The molecule has 0 atom stereocenters. The van der Waals surface area contributed by atoms with Gasteiger partial charge in [0, 0.05) is 29.6 Å². The second-order valence-electron chi connectivity index (χ2n) is 7.66. The van der Waals surface area contributed by atoms with E-state index in [2.05, 4.69) is 19.1 Å². The number of carbonyl (C=O) groups is 1. The van der Waals surface area contributed by atoms with E-state index < -0.39 is 4.65 Å². The van der Waals surface area contributed by atoms with E-state index in [0.717, 1.165) is 34.7 Å². The number of aryl methyl sites for hydroxylation is 3. The topological polar surface area (TPSA) is 53.0 Å². The zero-order valence-electron chi connectivity index (χ0n) is 15.7. The summed E-state index contributed by atoms with van der Waals surface area (Å²) in [7, 11) is 0. The Bertz CT molecular complexity index is 899. The lowest BCUT2D eigenvalue weighted by atomic mass is 9.88. The van der Waals surface area contributed by atoms with Crippen LogP contribution in [0.4, 0.5) is 0 Å². The SMILES string of the molecule is CC(=O)[N+]1([O-])CCC(=C2c3ccc(Cl)cc3CCc3cc(C)cnc32)CC1. The molecule has 0 radical (unpaired) electrons. The Morgan fingerprint density at radius 2 is 1.81 bits per heavy atom. The lowest BCUT2D eigenvalue weighted by Crippen LogP contribution is -2.50. The Labute approximate surface area is 164 Å². The van der Waals surface area contributed by atoms with E-state index in [-0.39, 0.29) is 5.91 Å². The van der Waals surface area contributed by atoms with E-state index in [1.54, 1.807) is 0 Å². The molecule has 4 rings (SSSR count). The number of hydrogen-bond acceptors (Lipinski definition) is 3. The number of hydroxylamine groups is 3. The molecule has 0 unspecified atom stereocenters. The highest BCUT2D eigenvalue weighted by molar-refractivity contribution is 6.30. The Kier molecular flexibility index (Phi) is 4.66. The molecule has 1 amide bonds. The van der Waals surface area contributed by atoms with Gasteiger partial charge in [0.1, 0.15) is 0 Å². The normalized spacial score (nSPS) is 22.1. The van der Waals surface area contributed by atoms with Gasteiger partial charge in [-0.1, -0.05) is 23.7 Å². The molecular formula is C22H23ClN2O2. The Balaban J connectivity index is 1.87. The molecule has 27 heavy (non-hydrogen) atoms. The zero-order valence-corrected chi connectivity index (χ0v) is 16.5. The molecule has 2 heterocycles. The molecule has 0 N–H and O–H groups in total. The van der Waals surface area contributed by atoms with Crippen LogP contribution in [0.15, 0.2) is 36.0 Å². The highest BCUT2D eigenvalue weighted by Gasteiger charge is 2.31. The first kappa shape index (κ1) is 18.4. The van der Waals surface area contributed by atoms with Gasteiger partial charge in [-0.3, -0.25) is 9.63 Å². The van der Waals surface area contributed by atoms with Crippen LogP contribution in [0.2, 0.25) is 5.02 Å². The lowest BCUT2D eigenvalue weighted by molar-refractivity contribution is -0.806. The second-order valence-corrected chi connectivity index (χ2v) is 8.09. The maximum absolute atomic E-state index is 12.6. The van der Waals surface area contributed by atoms with Crippen LogP contribution in [0, 0.1) is 12.1 Å². The van der Waals surface area contributed by atoms with E-state index >= 15 is 0 Å². The summed E-state index contributed by atoms with van der Waals surface area (Å²) in [5.74, 6) is -0.304. The summed E-state index contributed by atoms with van der Waals surface area (Å²) in [6.07, 6.45) is 4.99. The molecule has 2 aliphatic rings. The van der Waals surface area contributed by atoms with Crippen LogP contribution in [0.1, 0.15) is 47.7 Å². The van der Waals surface area contributed by atoms with Gasteiger partial charge in [0.2, 0.25) is 0 Å². The number of amides is 1. The van der Waals surface area contributed by atoms with Gasteiger partial charge in [-0.2, -0.15) is 0 Å². The molecule has 1 aromatic heterocycles.